The monoisotopic (exact) mass is 340 g/mol. The van der Waals surface area contributed by atoms with Gasteiger partial charge in [0.05, 0.1) is 34.1 Å². The van der Waals surface area contributed by atoms with Crippen LogP contribution >= 0.6 is 23.5 Å². The Morgan fingerprint density at radius 1 is 1.71 bits per heavy atom. The van der Waals surface area contributed by atoms with Crippen LogP contribution in [0.5, 0.6) is 0 Å². The van der Waals surface area contributed by atoms with E-state index in [0.29, 0.717) is 9.99 Å². The summed E-state index contributed by atoms with van der Waals surface area (Å²) in [5, 5.41) is 24.0. The number of nitrogens with zero attached hydrogens (tertiary/aromatic N) is 2. The Hall–Kier alpha value is -0.190. The number of aliphatic hydroxyl groups is 1. The van der Waals surface area contributed by atoms with E-state index in [4.69, 9.17) is 0 Å². The van der Waals surface area contributed by atoms with Gasteiger partial charge in [0, 0.05) is 5.75 Å². The van der Waals surface area contributed by atoms with Gasteiger partial charge in [-0.3, -0.25) is 9.69 Å². The van der Waals surface area contributed by atoms with Gasteiger partial charge in [-0.1, -0.05) is 16.9 Å². The summed E-state index contributed by atoms with van der Waals surface area (Å²) in [6, 6.07) is 0. The van der Waals surface area contributed by atoms with Gasteiger partial charge in [-0.25, -0.2) is 0 Å². The number of oxime groups is 1. The first-order valence-electron chi connectivity index (χ1n) is 5.80. The first kappa shape index (κ1) is 18.9. The predicted octanol–water partition coefficient (Wildman–Crippen LogP) is -3.81. The van der Waals surface area contributed by atoms with Crippen molar-refractivity contribution in [1.82, 2.24) is 4.90 Å². The van der Waals surface area contributed by atoms with E-state index < -0.39 is 18.0 Å². The number of fused-ring (bicyclic) bond motifs is 1. The number of carboxylic acid groups (broad SMARTS) is 1. The Balaban J connectivity index is 0.00000220. The second-order valence-corrected chi connectivity index (χ2v) is 6.60. The SMILES string of the molecule is CON=CCSC1=C(C(=O)[O-])N2C(=O)C(C(C)O)[C@H]2S1.[Na+]. The van der Waals surface area contributed by atoms with Crippen molar-refractivity contribution in [3.8, 4) is 0 Å². The van der Waals surface area contributed by atoms with Crippen LogP contribution in [0.25, 0.3) is 0 Å². The van der Waals surface area contributed by atoms with Gasteiger partial charge in [0.1, 0.15) is 12.5 Å². The van der Waals surface area contributed by atoms with Crippen LogP contribution < -0.4 is 34.7 Å². The minimum absolute atomic E-state index is 0. The molecule has 10 heteroatoms. The van der Waals surface area contributed by atoms with E-state index in [1.807, 2.05) is 0 Å². The van der Waals surface area contributed by atoms with Gasteiger partial charge < -0.3 is 19.8 Å². The van der Waals surface area contributed by atoms with Gasteiger partial charge >= 0.3 is 29.6 Å². The Bertz CT molecular complexity index is 497. The number of amides is 1. The van der Waals surface area contributed by atoms with Gasteiger partial charge in [-0.2, -0.15) is 0 Å². The Labute approximate surface area is 152 Å². The number of thioether (sulfide) groups is 2. The zero-order valence-electron chi connectivity index (χ0n) is 11.8. The molecule has 21 heavy (non-hydrogen) atoms. The molecule has 3 atom stereocenters. The number of hydrogen-bond donors (Lipinski definition) is 1. The van der Waals surface area contributed by atoms with Crippen molar-refractivity contribution in [2.24, 2.45) is 11.1 Å². The third kappa shape index (κ3) is 3.59. The summed E-state index contributed by atoms with van der Waals surface area (Å²) in [4.78, 5) is 28.8. The molecule has 110 valence electrons. The molecule has 1 saturated heterocycles. The Morgan fingerprint density at radius 3 is 2.90 bits per heavy atom. The van der Waals surface area contributed by atoms with E-state index in [1.54, 1.807) is 0 Å². The summed E-state index contributed by atoms with van der Waals surface area (Å²) in [5.74, 6) is -1.91. The largest absolute Gasteiger partial charge is 1.00 e. The zero-order valence-corrected chi connectivity index (χ0v) is 15.4. The maximum atomic E-state index is 11.9. The van der Waals surface area contributed by atoms with Crippen LogP contribution in [-0.4, -0.2) is 52.4 Å². The van der Waals surface area contributed by atoms with Gasteiger partial charge in [0.25, 0.3) is 0 Å². The van der Waals surface area contributed by atoms with Crippen LogP contribution in [-0.2, 0) is 14.4 Å². The van der Waals surface area contributed by atoms with Crippen molar-refractivity contribution < 1.29 is 54.2 Å². The van der Waals surface area contributed by atoms with Gasteiger partial charge in [0.2, 0.25) is 5.91 Å². The standard InChI is InChI=1S/C11H14N2O5S2.Na/c1-5(14)6-8(15)13-7(10(16)17)11(20-9(6)13)19-4-3-12-18-2;/h3,5-6,9,14H,4H2,1-2H3,(H,16,17);/q;+1/p-1/t5?,6?,9-;/m1./s1. The van der Waals surface area contributed by atoms with Crippen LogP contribution in [0.15, 0.2) is 15.1 Å². The summed E-state index contributed by atoms with van der Waals surface area (Å²) >= 11 is 2.50. The Morgan fingerprint density at radius 2 is 2.38 bits per heavy atom. The summed E-state index contributed by atoms with van der Waals surface area (Å²) < 4.78 is 0.494. The van der Waals surface area contributed by atoms with Crippen molar-refractivity contribution in [3.63, 3.8) is 0 Å². The van der Waals surface area contributed by atoms with E-state index in [1.165, 1.54) is 48.7 Å². The molecule has 2 aliphatic rings. The van der Waals surface area contributed by atoms with Crippen molar-refractivity contribution in [2.75, 3.05) is 12.9 Å². The normalized spacial score (nSPS) is 25.5. The molecule has 0 radical (unpaired) electrons. The quantitative estimate of drug-likeness (QED) is 0.229. The molecule has 1 fully saturated rings. The number of β-lactam (4-membered cyclic amide) rings is 1. The fraction of sp³-hybridized carbons (Fsp3) is 0.545. The molecule has 0 saturated carbocycles. The summed E-state index contributed by atoms with van der Waals surface area (Å²) in [6.07, 6.45) is 0.688. The molecule has 1 N–H and O–H groups in total. The second-order valence-electron chi connectivity index (χ2n) is 4.19. The third-order valence-corrected chi connectivity index (χ3v) is 5.49. The maximum absolute atomic E-state index is 11.9. The molecule has 0 aromatic heterocycles. The first-order chi connectivity index (χ1) is 9.49. The van der Waals surface area contributed by atoms with E-state index in [2.05, 4.69) is 9.99 Å². The molecular weight excluding hydrogens is 327 g/mol. The number of rotatable bonds is 6. The molecule has 0 aromatic rings. The third-order valence-electron chi connectivity index (χ3n) is 2.93. The maximum Gasteiger partial charge on any atom is 1.00 e. The molecule has 0 aromatic carbocycles. The molecule has 0 bridgehead atoms. The van der Waals surface area contributed by atoms with Crippen molar-refractivity contribution in [3.05, 3.63) is 9.93 Å². The number of carboxylic acids is 1. The van der Waals surface area contributed by atoms with Crippen LogP contribution in [0.1, 0.15) is 6.92 Å². The Kier molecular flexibility index (Phi) is 7.08. The van der Waals surface area contributed by atoms with E-state index in [9.17, 15) is 19.8 Å². The van der Waals surface area contributed by atoms with Crippen LogP contribution in [0, 0.1) is 5.92 Å². The zero-order chi connectivity index (χ0) is 14.9. The molecule has 7 nitrogen and oxygen atoms in total. The van der Waals surface area contributed by atoms with Crippen LogP contribution in [0.2, 0.25) is 0 Å². The predicted molar refractivity (Wildman–Crippen MR) is 73.4 cm³/mol. The second kappa shape index (κ2) is 7.89. The fourth-order valence-electron chi connectivity index (χ4n) is 2.06. The molecular formula is C11H13N2NaO5S2. The van der Waals surface area contributed by atoms with Crippen molar-refractivity contribution in [1.29, 1.82) is 0 Å². The van der Waals surface area contributed by atoms with Crippen molar-refractivity contribution >= 4 is 41.6 Å². The van der Waals surface area contributed by atoms with Gasteiger partial charge in [-0.15, -0.1) is 11.8 Å². The minimum Gasteiger partial charge on any atom is -0.543 e. The number of aliphatic carboxylic acids is 1. The van der Waals surface area contributed by atoms with Crippen molar-refractivity contribution in [2.45, 2.75) is 18.4 Å². The van der Waals surface area contributed by atoms with E-state index >= 15 is 0 Å². The molecule has 2 rings (SSSR count). The van der Waals surface area contributed by atoms with E-state index in [0.717, 1.165) is 0 Å². The first-order valence-corrected chi connectivity index (χ1v) is 7.66. The number of carbonyl (C=O) groups excluding carboxylic acids is 2. The van der Waals surface area contributed by atoms with Crippen LogP contribution in [0.3, 0.4) is 0 Å². The molecule has 2 aliphatic heterocycles. The number of aliphatic hydroxyl groups excluding tert-OH is 1. The summed E-state index contributed by atoms with van der Waals surface area (Å²) in [6.45, 7) is 1.52. The van der Waals surface area contributed by atoms with Gasteiger partial charge in [-0.05, 0) is 6.92 Å². The average molecular weight is 340 g/mol. The molecule has 0 aliphatic carbocycles. The molecule has 0 spiro atoms. The van der Waals surface area contributed by atoms with Gasteiger partial charge in [0.15, 0.2) is 0 Å². The molecule has 1 amide bonds. The summed E-state index contributed by atoms with van der Waals surface area (Å²) in [7, 11) is 1.41. The minimum atomic E-state index is -1.39. The summed E-state index contributed by atoms with van der Waals surface area (Å²) in [5.41, 5.74) is -0.113. The molecule has 2 heterocycles. The van der Waals surface area contributed by atoms with Crippen LogP contribution in [0.4, 0.5) is 0 Å². The number of hydrogen-bond acceptors (Lipinski definition) is 8. The average Bonchev–Trinajstić information content (AvgIpc) is 2.69. The topological polar surface area (TPSA) is 102 Å². The smallest absolute Gasteiger partial charge is 0.543 e. The number of carbonyl (C=O) groups is 2. The van der Waals surface area contributed by atoms with E-state index in [-0.39, 0.29) is 46.5 Å². The molecule has 2 unspecified atom stereocenters. The fourth-order valence-corrected chi connectivity index (χ4v) is 4.76.